The summed E-state index contributed by atoms with van der Waals surface area (Å²) in [6.45, 7) is 0. The lowest BCUT2D eigenvalue weighted by atomic mass is 10.2. The molecule has 3 rings (SSSR count). The standard InChI is InChI=1S/C15H13BrN4O2/c1-22-13-7-10(16)6-9(14(13)21)8-17-20-15-18-11-4-2-3-5-12(11)19-15/h2-8,21H,1H3,(H2,18,19,20)/b17-8+. The Balaban J connectivity index is 1.81. The molecule has 0 spiro atoms. The van der Waals surface area contributed by atoms with E-state index in [4.69, 9.17) is 4.74 Å². The first-order valence-electron chi connectivity index (χ1n) is 6.47. The Hall–Kier alpha value is -2.54. The zero-order valence-corrected chi connectivity index (χ0v) is 13.3. The Morgan fingerprint density at radius 3 is 2.95 bits per heavy atom. The monoisotopic (exact) mass is 360 g/mol. The van der Waals surface area contributed by atoms with Crippen LogP contribution in [0.3, 0.4) is 0 Å². The molecule has 0 amide bonds. The topological polar surface area (TPSA) is 82.5 Å². The molecule has 0 aliphatic rings. The molecular weight excluding hydrogens is 348 g/mol. The molecule has 112 valence electrons. The van der Waals surface area contributed by atoms with Gasteiger partial charge in [-0.25, -0.2) is 10.4 Å². The number of para-hydroxylation sites is 2. The molecule has 0 aliphatic heterocycles. The van der Waals surface area contributed by atoms with Crippen LogP contribution in [0.4, 0.5) is 5.95 Å². The molecule has 0 bridgehead atoms. The predicted octanol–water partition coefficient (Wildman–Crippen LogP) is 3.49. The van der Waals surface area contributed by atoms with E-state index in [1.165, 1.54) is 13.3 Å². The first-order chi connectivity index (χ1) is 10.7. The zero-order chi connectivity index (χ0) is 15.5. The summed E-state index contributed by atoms with van der Waals surface area (Å²) in [5.74, 6) is 0.930. The number of imidazole rings is 1. The molecule has 2 aromatic carbocycles. The first kappa shape index (κ1) is 14.4. The van der Waals surface area contributed by atoms with Gasteiger partial charge < -0.3 is 14.8 Å². The van der Waals surface area contributed by atoms with Gasteiger partial charge in [0, 0.05) is 10.0 Å². The number of anilines is 1. The highest BCUT2D eigenvalue weighted by atomic mass is 79.9. The molecule has 6 nitrogen and oxygen atoms in total. The number of rotatable bonds is 4. The number of fused-ring (bicyclic) bond motifs is 1. The summed E-state index contributed by atoms with van der Waals surface area (Å²) in [5.41, 5.74) is 5.10. The summed E-state index contributed by atoms with van der Waals surface area (Å²) >= 11 is 3.36. The second-order valence-electron chi connectivity index (χ2n) is 4.52. The summed E-state index contributed by atoms with van der Waals surface area (Å²) in [5, 5.41) is 14.1. The molecule has 0 fully saturated rings. The minimum Gasteiger partial charge on any atom is -0.504 e. The number of aromatic nitrogens is 2. The summed E-state index contributed by atoms with van der Waals surface area (Å²) in [7, 11) is 1.50. The van der Waals surface area contributed by atoms with Crippen molar-refractivity contribution in [2.75, 3.05) is 12.5 Å². The van der Waals surface area contributed by atoms with E-state index in [0.29, 0.717) is 17.3 Å². The second kappa shape index (κ2) is 6.07. The van der Waals surface area contributed by atoms with E-state index >= 15 is 0 Å². The van der Waals surface area contributed by atoms with Crippen LogP contribution >= 0.6 is 15.9 Å². The van der Waals surface area contributed by atoms with Gasteiger partial charge in [-0.1, -0.05) is 28.1 Å². The fourth-order valence-electron chi connectivity index (χ4n) is 2.02. The van der Waals surface area contributed by atoms with Crippen molar-refractivity contribution in [1.82, 2.24) is 9.97 Å². The lowest BCUT2D eigenvalue weighted by molar-refractivity contribution is 0.373. The van der Waals surface area contributed by atoms with Crippen LogP contribution in [-0.2, 0) is 0 Å². The number of nitrogens with zero attached hydrogens (tertiary/aromatic N) is 2. The lowest BCUT2D eigenvalue weighted by Gasteiger charge is -2.06. The van der Waals surface area contributed by atoms with E-state index < -0.39 is 0 Å². The Kier molecular flexibility index (Phi) is 3.97. The van der Waals surface area contributed by atoms with Crippen LogP contribution in [0.1, 0.15) is 5.56 Å². The van der Waals surface area contributed by atoms with Crippen LogP contribution in [0.25, 0.3) is 11.0 Å². The van der Waals surface area contributed by atoms with Gasteiger partial charge in [0.05, 0.1) is 24.4 Å². The molecule has 3 N–H and O–H groups in total. The molecule has 0 saturated carbocycles. The average Bonchev–Trinajstić information content (AvgIpc) is 2.93. The molecule has 0 atom stereocenters. The van der Waals surface area contributed by atoms with Crippen LogP contribution in [0, 0.1) is 0 Å². The van der Waals surface area contributed by atoms with E-state index in [2.05, 4.69) is 36.4 Å². The number of phenols is 1. The summed E-state index contributed by atoms with van der Waals surface area (Å²) in [4.78, 5) is 7.44. The van der Waals surface area contributed by atoms with Crippen LogP contribution in [-0.4, -0.2) is 28.4 Å². The fraction of sp³-hybridized carbons (Fsp3) is 0.0667. The molecule has 1 heterocycles. The third-order valence-electron chi connectivity index (χ3n) is 3.05. The molecule has 7 heteroatoms. The Morgan fingerprint density at radius 2 is 2.18 bits per heavy atom. The molecular formula is C15H13BrN4O2. The molecule has 0 saturated heterocycles. The SMILES string of the molecule is COc1cc(Br)cc(/C=N/Nc2nc3ccccc3[nH]2)c1O. The van der Waals surface area contributed by atoms with Crippen LogP contribution in [0.5, 0.6) is 11.5 Å². The van der Waals surface area contributed by atoms with Gasteiger partial charge in [-0.2, -0.15) is 5.10 Å². The minimum atomic E-state index is 0.0286. The summed E-state index contributed by atoms with van der Waals surface area (Å²) in [6.07, 6.45) is 1.50. The highest BCUT2D eigenvalue weighted by molar-refractivity contribution is 9.10. The van der Waals surface area contributed by atoms with E-state index in [9.17, 15) is 5.11 Å². The number of hydrazone groups is 1. The van der Waals surface area contributed by atoms with Gasteiger partial charge in [0.15, 0.2) is 11.5 Å². The number of H-pyrrole nitrogens is 1. The summed E-state index contributed by atoms with van der Waals surface area (Å²) in [6, 6.07) is 11.1. The van der Waals surface area contributed by atoms with Gasteiger partial charge in [-0.3, -0.25) is 0 Å². The van der Waals surface area contributed by atoms with Crippen molar-refractivity contribution < 1.29 is 9.84 Å². The number of aromatic hydroxyl groups is 1. The maximum absolute atomic E-state index is 10.0. The van der Waals surface area contributed by atoms with Gasteiger partial charge in [-0.15, -0.1) is 0 Å². The highest BCUT2D eigenvalue weighted by Gasteiger charge is 2.08. The van der Waals surface area contributed by atoms with E-state index in [-0.39, 0.29) is 5.75 Å². The maximum atomic E-state index is 10.0. The van der Waals surface area contributed by atoms with Crippen LogP contribution in [0.2, 0.25) is 0 Å². The van der Waals surface area contributed by atoms with Crippen molar-refractivity contribution in [3.05, 3.63) is 46.4 Å². The van der Waals surface area contributed by atoms with Crippen LogP contribution < -0.4 is 10.2 Å². The number of ether oxygens (including phenoxy) is 1. The number of benzene rings is 2. The van der Waals surface area contributed by atoms with Gasteiger partial charge in [0.2, 0.25) is 5.95 Å². The average molecular weight is 361 g/mol. The third kappa shape index (κ3) is 2.89. The largest absolute Gasteiger partial charge is 0.504 e. The van der Waals surface area contributed by atoms with E-state index in [1.54, 1.807) is 12.1 Å². The number of hydrogen-bond acceptors (Lipinski definition) is 5. The van der Waals surface area contributed by atoms with Gasteiger partial charge in [0.25, 0.3) is 0 Å². The van der Waals surface area contributed by atoms with Crippen molar-refractivity contribution in [2.45, 2.75) is 0 Å². The second-order valence-corrected chi connectivity index (χ2v) is 5.43. The first-order valence-corrected chi connectivity index (χ1v) is 7.27. The van der Waals surface area contributed by atoms with Crippen LogP contribution in [0.15, 0.2) is 46.0 Å². The third-order valence-corrected chi connectivity index (χ3v) is 3.51. The minimum absolute atomic E-state index is 0.0286. The van der Waals surface area contributed by atoms with Crippen molar-refractivity contribution in [1.29, 1.82) is 0 Å². The molecule has 0 aliphatic carbocycles. The smallest absolute Gasteiger partial charge is 0.222 e. The van der Waals surface area contributed by atoms with Crippen molar-refractivity contribution in [3.63, 3.8) is 0 Å². The van der Waals surface area contributed by atoms with Gasteiger partial charge in [-0.05, 0) is 24.3 Å². The van der Waals surface area contributed by atoms with Crippen molar-refractivity contribution >= 4 is 39.1 Å². The Labute approximate surface area is 135 Å². The van der Waals surface area contributed by atoms with Crippen molar-refractivity contribution in [3.8, 4) is 11.5 Å². The number of methoxy groups -OCH3 is 1. The number of phenolic OH excluding ortho intramolecular Hbond substituents is 1. The molecule has 3 aromatic rings. The van der Waals surface area contributed by atoms with Gasteiger partial charge in [0.1, 0.15) is 0 Å². The predicted molar refractivity (Wildman–Crippen MR) is 89.7 cm³/mol. The van der Waals surface area contributed by atoms with E-state index in [1.807, 2.05) is 24.3 Å². The van der Waals surface area contributed by atoms with Crippen molar-refractivity contribution in [2.24, 2.45) is 5.10 Å². The molecule has 0 unspecified atom stereocenters. The molecule has 0 radical (unpaired) electrons. The summed E-state index contributed by atoms with van der Waals surface area (Å²) < 4.78 is 5.87. The van der Waals surface area contributed by atoms with E-state index in [0.717, 1.165) is 15.5 Å². The number of aromatic amines is 1. The van der Waals surface area contributed by atoms with Gasteiger partial charge >= 0.3 is 0 Å². The zero-order valence-electron chi connectivity index (χ0n) is 11.7. The molecule has 22 heavy (non-hydrogen) atoms. The quantitative estimate of drug-likeness (QED) is 0.491. The number of halogens is 1. The molecule has 1 aromatic heterocycles. The Morgan fingerprint density at radius 1 is 1.36 bits per heavy atom. The lowest BCUT2D eigenvalue weighted by Crippen LogP contribution is -1.94. The Bertz CT molecular complexity index is 812. The highest BCUT2D eigenvalue weighted by Crippen LogP contribution is 2.32. The maximum Gasteiger partial charge on any atom is 0.222 e. The number of hydrogen-bond donors (Lipinski definition) is 3. The number of nitrogens with one attached hydrogen (secondary N) is 2. The normalized spacial score (nSPS) is 11.2. The fourth-order valence-corrected chi connectivity index (χ4v) is 2.47.